The molecule has 0 bridgehead atoms. The van der Waals surface area contributed by atoms with Crippen LogP contribution in [0.25, 0.3) is 0 Å². The highest BCUT2D eigenvalue weighted by Gasteiger charge is 2.33. The van der Waals surface area contributed by atoms with Crippen molar-refractivity contribution in [2.24, 2.45) is 5.92 Å². The number of esters is 1. The number of ether oxygens (including phenoxy) is 1. The number of hydrogen-bond donors (Lipinski definition) is 0. The van der Waals surface area contributed by atoms with E-state index in [2.05, 4.69) is 18.2 Å². The molecule has 0 heterocycles. The van der Waals surface area contributed by atoms with Gasteiger partial charge in [-0.05, 0) is 36.3 Å². The number of hydrogen-bond acceptors (Lipinski definition) is 3. The van der Waals surface area contributed by atoms with Crippen molar-refractivity contribution in [2.75, 3.05) is 7.11 Å². The van der Waals surface area contributed by atoms with Crippen LogP contribution in [0.1, 0.15) is 36.3 Å². The molecule has 1 aromatic carbocycles. The molecule has 0 radical (unpaired) electrons. The van der Waals surface area contributed by atoms with Crippen LogP contribution in [0.15, 0.2) is 24.3 Å². The predicted molar refractivity (Wildman–Crippen MR) is 67.9 cm³/mol. The molecule has 0 aromatic heterocycles. The molecule has 0 saturated heterocycles. The fourth-order valence-electron chi connectivity index (χ4n) is 2.85. The Morgan fingerprint density at radius 1 is 1.56 bits per heavy atom. The van der Waals surface area contributed by atoms with Crippen molar-refractivity contribution in [3.05, 3.63) is 35.4 Å². The number of nitrogens with zero attached hydrogens (tertiary/aromatic N) is 1. The van der Waals surface area contributed by atoms with E-state index in [0.717, 1.165) is 19.3 Å². The molecule has 94 valence electrons. The van der Waals surface area contributed by atoms with E-state index in [0.29, 0.717) is 0 Å². The number of carbonyl (C=O) groups is 1. The lowest BCUT2D eigenvalue weighted by atomic mass is 9.75. The second-order valence-corrected chi connectivity index (χ2v) is 4.69. The van der Waals surface area contributed by atoms with E-state index < -0.39 is 0 Å². The van der Waals surface area contributed by atoms with Gasteiger partial charge < -0.3 is 4.74 Å². The normalized spacial score (nSPS) is 19.4. The zero-order chi connectivity index (χ0) is 13.0. The van der Waals surface area contributed by atoms with E-state index >= 15 is 0 Å². The molecule has 3 heteroatoms. The Bertz CT molecular complexity index is 476. The minimum atomic E-state index is -0.332. The van der Waals surface area contributed by atoms with Gasteiger partial charge in [-0.15, -0.1) is 0 Å². The summed E-state index contributed by atoms with van der Waals surface area (Å²) in [5.74, 6) is -0.471. The van der Waals surface area contributed by atoms with E-state index in [1.807, 2.05) is 12.1 Å². The number of fused-ring (bicyclic) bond motifs is 1. The average molecular weight is 243 g/mol. The smallest absolute Gasteiger partial charge is 0.310 e. The van der Waals surface area contributed by atoms with Gasteiger partial charge in [-0.3, -0.25) is 4.79 Å². The maximum absolute atomic E-state index is 11.8. The molecule has 2 unspecified atom stereocenters. The predicted octanol–water partition coefficient (Wildman–Crippen LogP) is 2.81. The minimum Gasteiger partial charge on any atom is -0.469 e. The quantitative estimate of drug-likeness (QED) is 0.767. The lowest BCUT2D eigenvalue weighted by molar-refractivity contribution is -0.146. The molecule has 0 spiro atoms. The van der Waals surface area contributed by atoms with Crippen LogP contribution in [0.3, 0.4) is 0 Å². The molecule has 0 amide bonds. The van der Waals surface area contributed by atoms with Crippen molar-refractivity contribution >= 4 is 5.97 Å². The van der Waals surface area contributed by atoms with Crippen molar-refractivity contribution in [3.63, 3.8) is 0 Å². The Kier molecular flexibility index (Phi) is 3.99. The Balaban J connectivity index is 2.32. The van der Waals surface area contributed by atoms with Gasteiger partial charge in [-0.25, -0.2) is 0 Å². The summed E-state index contributed by atoms with van der Waals surface area (Å²) in [6.45, 7) is 0. The first-order chi connectivity index (χ1) is 8.77. The average Bonchev–Trinajstić information content (AvgIpc) is 2.43. The molecule has 3 nitrogen and oxygen atoms in total. The Labute approximate surface area is 107 Å². The molecule has 0 aliphatic heterocycles. The van der Waals surface area contributed by atoms with Gasteiger partial charge in [0.15, 0.2) is 0 Å². The van der Waals surface area contributed by atoms with Crippen molar-refractivity contribution < 1.29 is 9.53 Å². The first-order valence-corrected chi connectivity index (χ1v) is 6.30. The summed E-state index contributed by atoms with van der Waals surface area (Å²) in [4.78, 5) is 11.8. The molecule has 18 heavy (non-hydrogen) atoms. The zero-order valence-corrected chi connectivity index (χ0v) is 10.6. The highest BCUT2D eigenvalue weighted by molar-refractivity contribution is 5.74. The second kappa shape index (κ2) is 5.68. The lowest BCUT2D eigenvalue weighted by Crippen LogP contribution is -2.26. The SMILES string of the molecule is COC(=O)C(CC#N)C1CCCc2ccccc21. The number of aryl methyl sites for hydroxylation is 1. The van der Waals surface area contributed by atoms with Crippen LogP contribution in [0.2, 0.25) is 0 Å². The van der Waals surface area contributed by atoms with Crippen LogP contribution < -0.4 is 0 Å². The summed E-state index contributed by atoms with van der Waals surface area (Å²) in [7, 11) is 1.39. The van der Waals surface area contributed by atoms with Crippen LogP contribution >= 0.6 is 0 Å². The summed E-state index contributed by atoms with van der Waals surface area (Å²) in [5, 5.41) is 8.90. The highest BCUT2D eigenvalue weighted by Crippen LogP contribution is 2.38. The maximum Gasteiger partial charge on any atom is 0.310 e. The molecule has 1 aliphatic rings. The van der Waals surface area contributed by atoms with Crippen molar-refractivity contribution in [1.29, 1.82) is 5.26 Å². The first kappa shape index (κ1) is 12.6. The number of carbonyl (C=O) groups excluding carboxylic acids is 1. The van der Waals surface area contributed by atoms with Crippen molar-refractivity contribution in [1.82, 2.24) is 0 Å². The van der Waals surface area contributed by atoms with E-state index in [-0.39, 0.29) is 24.2 Å². The van der Waals surface area contributed by atoms with Crippen LogP contribution in [0, 0.1) is 17.2 Å². The fourth-order valence-corrected chi connectivity index (χ4v) is 2.85. The van der Waals surface area contributed by atoms with Gasteiger partial charge in [0.25, 0.3) is 0 Å². The van der Waals surface area contributed by atoms with Gasteiger partial charge in [0.2, 0.25) is 0 Å². The third-order valence-corrected chi connectivity index (χ3v) is 3.72. The minimum absolute atomic E-state index is 0.127. The molecule has 1 aliphatic carbocycles. The van der Waals surface area contributed by atoms with Crippen LogP contribution in [-0.4, -0.2) is 13.1 Å². The zero-order valence-electron chi connectivity index (χ0n) is 10.6. The Hall–Kier alpha value is -1.82. The van der Waals surface area contributed by atoms with E-state index in [1.165, 1.54) is 18.2 Å². The van der Waals surface area contributed by atoms with Gasteiger partial charge in [-0.1, -0.05) is 24.3 Å². The fraction of sp³-hybridized carbons (Fsp3) is 0.467. The maximum atomic E-state index is 11.8. The van der Waals surface area contributed by atoms with Crippen LogP contribution in [-0.2, 0) is 16.0 Å². The monoisotopic (exact) mass is 243 g/mol. The standard InChI is InChI=1S/C15H17NO2/c1-18-15(17)14(9-10-16)13-8-4-6-11-5-2-3-7-12(11)13/h2-3,5,7,13-14H,4,6,8-9H2,1H3. The van der Waals surface area contributed by atoms with Gasteiger partial charge in [0.1, 0.15) is 0 Å². The third-order valence-electron chi connectivity index (χ3n) is 3.72. The van der Waals surface area contributed by atoms with Crippen LogP contribution in [0.4, 0.5) is 0 Å². The number of benzene rings is 1. The van der Waals surface area contributed by atoms with Crippen molar-refractivity contribution in [3.8, 4) is 6.07 Å². The number of nitriles is 1. The summed E-state index contributed by atoms with van der Waals surface area (Å²) in [6.07, 6.45) is 3.32. The van der Waals surface area contributed by atoms with Crippen LogP contribution in [0.5, 0.6) is 0 Å². The third kappa shape index (κ3) is 2.38. The second-order valence-electron chi connectivity index (χ2n) is 4.69. The summed E-state index contributed by atoms with van der Waals surface area (Å²) in [5.41, 5.74) is 2.52. The summed E-state index contributed by atoms with van der Waals surface area (Å²) < 4.78 is 4.84. The first-order valence-electron chi connectivity index (χ1n) is 6.30. The van der Waals surface area contributed by atoms with E-state index in [4.69, 9.17) is 10.00 Å². The lowest BCUT2D eigenvalue weighted by Gasteiger charge is -2.29. The highest BCUT2D eigenvalue weighted by atomic mass is 16.5. The Morgan fingerprint density at radius 3 is 3.06 bits per heavy atom. The van der Waals surface area contributed by atoms with Gasteiger partial charge in [0, 0.05) is 6.42 Å². The number of methoxy groups -OCH3 is 1. The summed E-state index contributed by atoms with van der Waals surface area (Å²) in [6, 6.07) is 10.3. The van der Waals surface area contributed by atoms with Gasteiger partial charge in [-0.2, -0.15) is 5.26 Å². The van der Waals surface area contributed by atoms with Crippen molar-refractivity contribution in [2.45, 2.75) is 31.6 Å². The molecule has 0 N–H and O–H groups in total. The topological polar surface area (TPSA) is 50.1 Å². The molecular weight excluding hydrogens is 226 g/mol. The number of rotatable bonds is 3. The molecule has 2 rings (SSSR count). The van der Waals surface area contributed by atoms with Gasteiger partial charge >= 0.3 is 5.97 Å². The largest absolute Gasteiger partial charge is 0.469 e. The molecule has 0 fully saturated rings. The van der Waals surface area contributed by atoms with E-state index in [1.54, 1.807) is 0 Å². The molecule has 1 aromatic rings. The summed E-state index contributed by atoms with van der Waals surface area (Å²) >= 11 is 0. The molecule has 0 saturated carbocycles. The van der Waals surface area contributed by atoms with E-state index in [9.17, 15) is 4.79 Å². The molecule has 2 atom stereocenters. The molecular formula is C15H17NO2. The van der Waals surface area contributed by atoms with Gasteiger partial charge in [0.05, 0.1) is 19.1 Å². The Morgan fingerprint density at radius 2 is 2.33 bits per heavy atom.